The van der Waals surface area contributed by atoms with Gasteiger partial charge in [-0.2, -0.15) is 0 Å². The van der Waals surface area contributed by atoms with E-state index in [9.17, 15) is 9.59 Å². The normalized spacial score (nSPS) is 16.2. The number of carboxylic acid groups (broad SMARTS) is 1. The summed E-state index contributed by atoms with van der Waals surface area (Å²) in [6.45, 7) is 0.327. The molecule has 0 radical (unpaired) electrons. The number of rotatable bonds is 9. The van der Waals surface area contributed by atoms with Gasteiger partial charge >= 0.3 is 5.97 Å². The van der Waals surface area contributed by atoms with Gasteiger partial charge in [-0.1, -0.05) is 32.1 Å². The van der Waals surface area contributed by atoms with Gasteiger partial charge in [0.25, 0.3) is 0 Å². The first-order chi connectivity index (χ1) is 9.18. The van der Waals surface area contributed by atoms with E-state index in [1.807, 2.05) is 0 Å². The highest BCUT2D eigenvalue weighted by molar-refractivity contribution is 5.75. The van der Waals surface area contributed by atoms with Crippen LogP contribution in [0.2, 0.25) is 0 Å². The van der Waals surface area contributed by atoms with Gasteiger partial charge in [-0.25, -0.2) is 4.79 Å². The van der Waals surface area contributed by atoms with Crippen molar-refractivity contribution >= 4 is 11.9 Å². The average Bonchev–Trinajstić information content (AvgIpc) is 2.39. The van der Waals surface area contributed by atoms with Crippen LogP contribution in [0.5, 0.6) is 0 Å². The summed E-state index contributed by atoms with van der Waals surface area (Å²) in [5.41, 5.74) is 0. The van der Waals surface area contributed by atoms with E-state index in [1.54, 1.807) is 0 Å². The Hall–Kier alpha value is -1.10. The summed E-state index contributed by atoms with van der Waals surface area (Å²) in [5.74, 6) is -0.131. The van der Waals surface area contributed by atoms with Crippen molar-refractivity contribution in [1.29, 1.82) is 0 Å². The Kier molecular flexibility index (Phi) is 8.21. The summed E-state index contributed by atoms with van der Waals surface area (Å²) in [5, 5.41) is 11.1. The first-order valence-electron chi connectivity index (χ1n) is 7.24. The molecular formula is C14H25NO4. The molecule has 1 fully saturated rings. The molecule has 5 heteroatoms. The Morgan fingerprint density at radius 2 is 1.95 bits per heavy atom. The number of carbonyl (C=O) groups excluding carboxylic acids is 1. The molecule has 5 nitrogen and oxygen atoms in total. The quantitative estimate of drug-likeness (QED) is 0.628. The van der Waals surface area contributed by atoms with Crippen molar-refractivity contribution in [3.63, 3.8) is 0 Å². The summed E-state index contributed by atoms with van der Waals surface area (Å²) in [4.78, 5) is 21.7. The van der Waals surface area contributed by atoms with Crippen LogP contribution in [0.3, 0.4) is 0 Å². The summed E-state index contributed by atoms with van der Waals surface area (Å²) in [7, 11) is 0. The van der Waals surface area contributed by atoms with E-state index in [4.69, 9.17) is 9.84 Å². The van der Waals surface area contributed by atoms with Crippen molar-refractivity contribution < 1.29 is 19.4 Å². The van der Waals surface area contributed by atoms with Gasteiger partial charge < -0.3 is 15.2 Å². The summed E-state index contributed by atoms with van der Waals surface area (Å²) in [6.07, 6.45) is 9.38. The molecule has 0 aromatic rings. The van der Waals surface area contributed by atoms with E-state index in [1.165, 1.54) is 32.1 Å². The van der Waals surface area contributed by atoms with Crippen LogP contribution >= 0.6 is 0 Å². The Labute approximate surface area is 114 Å². The maximum absolute atomic E-state index is 11.5. The van der Waals surface area contributed by atoms with Gasteiger partial charge in [-0.15, -0.1) is 0 Å². The summed E-state index contributed by atoms with van der Waals surface area (Å²) >= 11 is 0. The second-order valence-electron chi connectivity index (χ2n) is 5.19. The van der Waals surface area contributed by atoms with Crippen molar-refractivity contribution in [3.8, 4) is 0 Å². The Bertz CT molecular complexity index is 275. The summed E-state index contributed by atoms with van der Waals surface area (Å²) in [6, 6.07) is 0. The Balaban J connectivity index is 1.91. The number of nitrogens with one attached hydrogen (secondary N) is 1. The first-order valence-corrected chi connectivity index (χ1v) is 7.24. The molecule has 0 atom stereocenters. The number of ether oxygens (including phenoxy) is 1. The standard InChI is InChI=1S/C14H25NO4/c16-13(15-9-10-19-11-14(17)18)8-4-7-12-5-2-1-3-6-12/h12H,1-11H2,(H,15,16)(H,17,18). The van der Waals surface area contributed by atoms with Crippen molar-refractivity contribution in [3.05, 3.63) is 0 Å². The molecule has 0 saturated heterocycles. The maximum atomic E-state index is 11.5. The van der Waals surface area contributed by atoms with Crippen LogP contribution in [-0.2, 0) is 14.3 Å². The molecular weight excluding hydrogens is 246 g/mol. The highest BCUT2D eigenvalue weighted by Crippen LogP contribution is 2.27. The third-order valence-corrected chi connectivity index (χ3v) is 3.54. The lowest BCUT2D eigenvalue weighted by Crippen LogP contribution is -2.27. The fourth-order valence-electron chi connectivity index (χ4n) is 2.54. The van der Waals surface area contributed by atoms with Crippen LogP contribution in [0.15, 0.2) is 0 Å². The third kappa shape index (κ3) is 8.59. The fraction of sp³-hybridized carbons (Fsp3) is 0.857. The third-order valence-electron chi connectivity index (χ3n) is 3.54. The number of hydrogen-bond acceptors (Lipinski definition) is 3. The van der Waals surface area contributed by atoms with E-state index >= 15 is 0 Å². The molecule has 0 unspecified atom stereocenters. The molecule has 1 aliphatic carbocycles. The predicted octanol–water partition coefficient (Wildman–Crippen LogP) is 1.95. The highest BCUT2D eigenvalue weighted by atomic mass is 16.5. The van der Waals surface area contributed by atoms with Gasteiger partial charge in [0.15, 0.2) is 0 Å². The minimum atomic E-state index is -0.987. The first kappa shape index (κ1) is 16.0. The molecule has 0 aromatic carbocycles. The number of carboxylic acids is 1. The Morgan fingerprint density at radius 1 is 1.21 bits per heavy atom. The molecule has 1 rings (SSSR count). The molecule has 19 heavy (non-hydrogen) atoms. The van der Waals surface area contributed by atoms with Crippen molar-refractivity contribution in [2.24, 2.45) is 5.92 Å². The average molecular weight is 271 g/mol. The van der Waals surface area contributed by atoms with E-state index in [0.717, 1.165) is 18.8 Å². The predicted molar refractivity (Wildman–Crippen MR) is 71.9 cm³/mol. The smallest absolute Gasteiger partial charge is 0.329 e. The van der Waals surface area contributed by atoms with E-state index < -0.39 is 5.97 Å². The molecule has 1 amide bonds. The molecule has 0 heterocycles. The SMILES string of the molecule is O=C(O)COCCNC(=O)CCCC1CCCCC1. The van der Waals surface area contributed by atoms with Crippen LogP contribution in [0, 0.1) is 5.92 Å². The molecule has 110 valence electrons. The van der Waals surface area contributed by atoms with Crippen LogP contribution in [0.4, 0.5) is 0 Å². The van der Waals surface area contributed by atoms with Crippen molar-refractivity contribution in [1.82, 2.24) is 5.32 Å². The fourth-order valence-corrected chi connectivity index (χ4v) is 2.54. The van der Waals surface area contributed by atoms with Crippen LogP contribution < -0.4 is 5.32 Å². The van der Waals surface area contributed by atoms with Gasteiger partial charge in [0.1, 0.15) is 6.61 Å². The minimum Gasteiger partial charge on any atom is -0.480 e. The molecule has 0 bridgehead atoms. The maximum Gasteiger partial charge on any atom is 0.329 e. The number of amides is 1. The zero-order chi connectivity index (χ0) is 13.9. The number of aliphatic carboxylic acids is 1. The van der Waals surface area contributed by atoms with Gasteiger partial charge in [0, 0.05) is 13.0 Å². The molecule has 2 N–H and O–H groups in total. The van der Waals surface area contributed by atoms with E-state index in [2.05, 4.69) is 5.32 Å². The minimum absolute atomic E-state index is 0.0368. The van der Waals surface area contributed by atoms with E-state index in [0.29, 0.717) is 13.0 Å². The largest absolute Gasteiger partial charge is 0.480 e. The van der Waals surface area contributed by atoms with Gasteiger partial charge in [0.05, 0.1) is 6.61 Å². The Morgan fingerprint density at radius 3 is 2.63 bits per heavy atom. The van der Waals surface area contributed by atoms with Crippen LogP contribution in [-0.4, -0.2) is 36.7 Å². The molecule has 1 saturated carbocycles. The second-order valence-corrected chi connectivity index (χ2v) is 5.19. The molecule has 1 aliphatic rings. The summed E-state index contributed by atoms with van der Waals surface area (Å²) < 4.78 is 4.83. The lowest BCUT2D eigenvalue weighted by atomic mass is 9.86. The monoisotopic (exact) mass is 271 g/mol. The zero-order valence-electron chi connectivity index (χ0n) is 11.5. The van der Waals surface area contributed by atoms with Crippen LogP contribution in [0.25, 0.3) is 0 Å². The van der Waals surface area contributed by atoms with Crippen molar-refractivity contribution in [2.45, 2.75) is 51.4 Å². The number of carbonyl (C=O) groups is 2. The molecule has 0 spiro atoms. The van der Waals surface area contributed by atoms with E-state index in [-0.39, 0.29) is 19.1 Å². The lowest BCUT2D eigenvalue weighted by Gasteiger charge is -2.21. The van der Waals surface area contributed by atoms with Gasteiger partial charge in [0.2, 0.25) is 5.91 Å². The van der Waals surface area contributed by atoms with Gasteiger partial charge in [-0.3, -0.25) is 4.79 Å². The number of hydrogen-bond donors (Lipinski definition) is 2. The zero-order valence-corrected chi connectivity index (χ0v) is 11.5. The van der Waals surface area contributed by atoms with Crippen LogP contribution in [0.1, 0.15) is 51.4 Å². The second kappa shape index (κ2) is 9.78. The van der Waals surface area contributed by atoms with Crippen molar-refractivity contribution in [2.75, 3.05) is 19.8 Å². The molecule has 0 aliphatic heterocycles. The van der Waals surface area contributed by atoms with Gasteiger partial charge in [-0.05, 0) is 18.8 Å². The topological polar surface area (TPSA) is 75.6 Å². The highest BCUT2D eigenvalue weighted by Gasteiger charge is 2.13. The molecule has 0 aromatic heterocycles. The lowest BCUT2D eigenvalue weighted by molar-refractivity contribution is -0.142.